The van der Waals surface area contributed by atoms with Crippen LogP contribution in [0.4, 0.5) is 5.13 Å². The van der Waals surface area contributed by atoms with E-state index >= 15 is 0 Å². The third-order valence-electron chi connectivity index (χ3n) is 4.42. The number of nitrogens with one attached hydrogen (secondary N) is 1. The van der Waals surface area contributed by atoms with Crippen molar-refractivity contribution >= 4 is 22.4 Å². The third-order valence-corrected chi connectivity index (χ3v) is 5.42. The van der Waals surface area contributed by atoms with Crippen molar-refractivity contribution in [1.29, 1.82) is 0 Å². The van der Waals surface area contributed by atoms with Gasteiger partial charge in [-0.05, 0) is 38.3 Å². The highest BCUT2D eigenvalue weighted by Gasteiger charge is 2.29. The maximum atomic E-state index is 12.3. The van der Waals surface area contributed by atoms with Gasteiger partial charge < -0.3 is 0 Å². The summed E-state index contributed by atoms with van der Waals surface area (Å²) in [6.45, 7) is 2.21. The van der Waals surface area contributed by atoms with E-state index in [0.717, 1.165) is 30.9 Å². The Labute approximate surface area is 138 Å². The Morgan fingerprint density at radius 3 is 3.04 bits per heavy atom. The first-order valence-electron chi connectivity index (χ1n) is 8.12. The molecule has 1 atom stereocenters. The monoisotopic (exact) mass is 332 g/mol. The van der Waals surface area contributed by atoms with E-state index in [1.807, 2.05) is 16.9 Å². The number of amides is 1. The van der Waals surface area contributed by atoms with Gasteiger partial charge in [-0.1, -0.05) is 11.3 Å². The third kappa shape index (κ3) is 3.59. The molecule has 2 aromatic rings. The molecule has 7 nitrogen and oxygen atoms in total. The summed E-state index contributed by atoms with van der Waals surface area (Å²) < 4.78 is 1.94. The Morgan fingerprint density at radius 2 is 2.26 bits per heavy atom. The fourth-order valence-corrected chi connectivity index (χ4v) is 3.99. The average Bonchev–Trinajstić information content (AvgIpc) is 2.91. The van der Waals surface area contributed by atoms with Crippen LogP contribution in [0.5, 0.6) is 0 Å². The van der Waals surface area contributed by atoms with Crippen molar-refractivity contribution in [2.75, 3.05) is 18.4 Å². The van der Waals surface area contributed by atoms with E-state index in [2.05, 4.69) is 25.5 Å². The Morgan fingerprint density at radius 1 is 1.35 bits per heavy atom. The van der Waals surface area contributed by atoms with Gasteiger partial charge in [0, 0.05) is 24.4 Å². The largest absolute Gasteiger partial charge is 0.299 e. The summed E-state index contributed by atoms with van der Waals surface area (Å²) in [5.74, 6) is 0.575. The van der Waals surface area contributed by atoms with E-state index in [4.69, 9.17) is 0 Å². The van der Waals surface area contributed by atoms with E-state index in [0.29, 0.717) is 23.6 Å². The molecule has 1 aliphatic carbocycles. The molecular weight excluding hydrogens is 312 g/mol. The lowest BCUT2D eigenvalue weighted by Crippen LogP contribution is -2.39. The van der Waals surface area contributed by atoms with Crippen LogP contribution in [0.1, 0.15) is 36.6 Å². The molecule has 0 spiro atoms. The highest BCUT2D eigenvalue weighted by Crippen LogP contribution is 2.42. The van der Waals surface area contributed by atoms with Gasteiger partial charge in [0.15, 0.2) is 0 Å². The van der Waals surface area contributed by atoms with Gasteiger partial charge in [0.1, 0.15) is 5.01 Å². The zero-order valence-corrected chi connectivity index (χ0v) is 13.7. The van der Waals surface area contributed by atoms with Crippen LogP contribution in [0.2, 0.25) is 0 Å². The van der Waals surface area contributed by atoms with Crippen LogP contribution >= 0.6 is 11.3 Å². The predicted molar refractivity (Wildman–Crippen MR) is 87.3 cm³/mol. The van der Waals surface area contributed by atoms with Gasteiger partial charge in [0.2, 0.25) is 11.0 Å². The minimum Gasteiger partial charge on any atom is -0.299 e. The normalized spacial score (nSPS) is 21.7. The molecule has 23 heavy (non-hydrogen) atoms. The molecule has 1 saturated heterocycles. The van der Waals surface area contributed by atoms with Crippen LogP contribution in [0.15, 0.2) is 18.5 Å². The van der Waals surface area contributed by atoms with Gasteiger partial charge >= 0.3 is 0 Å². The number of hydrogen-bond acceptors (Lipinski definition) is 6. The summed E-state index contributed by atoms with van der Waals surface area (Å²) >= 11 is 1.51. The van der Waals surface area contributed by atoms with E-state index in [1.54, 1.807) is 6.20 Å². The molecule has 2 fully saturated rings. The number of carbonyl (C=O) groups is 1. The van der Waals surface area contributed by atoms with Crippen LogP contribution in [-0.4, -0.2) is 49.9 Å². The maximum absolute atomic E-state index is 12.3. The number of likely N-dealkylation sites (tertiary alicyclic amines) is 1. The Kier molecular flexibility index (Phi) is 4.09. The summed E-state index contributed by atoms with van der Waals surface area (Å²) in [6, 6.07) is 2.30. The molecule has 3 heterocycles. The first kappa shape index (κ1) is 14.8. The van der Waals surface area contributed by atoms with Crippen LogP contribution in [-0.2, 0) is 11.3 Å². The second-order valence-electron chi connectivity index (χ2n) is 6.26. The first-order valence-corrected chi connectivity index (χ1v) is 8.94. The smallest absolute Gasteiger partial charge is 0.240 e. The highest BCUT2D eigenvalue weighted by atomic mass is 32.1. The summed E-state index contributed by atoms with van der Waals surface area (Å²) in [6.07, 6.45) is 8.40. The molecule has 8 heteroatoms. The Hall–Kier alpha value is -1.80. The standard InChI is InChI=1S/C15H20N6OS/c22-13(17-15-19-18-14(23-15)11-4-5-11)10-20-7-1-3-12(20)9-21-8-2-6-16-21/h2,6,8,11-12H,1,3-5,7,9-10H2,(H,17,19,22). The number of anilines is 1. The maximum Gasteiger partial charge on any atom is 0.240 e. The van der Waals surface area contributed by atoms with Gasteiger partial charge in [0.25, 0.3) is 0 Å². The Balaban J connectivity index is 1.31. The molecule has 0 bridgehead atoms. The molecule has 1 saturated carbocycles. The van der Waals surface area contributed by atoms with Crippen molar-refractivity contribution in [3.63, 3.8) is 0 Å². The molecule has 0 aromatic carbocycles. The van der Waals surface area contributed by atoms with Crippen molar-refractivity contribution < 1.29 is 4.79 Å². The van der Waals surface area contributed by atoms with Gasteiger partial charge in [-0.15, -0.1) is 10.2 Å². The molecule has 1 N–H and O–H groups in total. The molecule has 2 aliphatic rings. The fourth-order valence-electron chi connectivity index (χ4n) is 3.06. The SMILES string of the molecule is O=C(CN1CCCC1Cn1cccn1)Nc1nnc(C2CC2)s1. The second kappa shape index (κ2) is 6.37. The number of rotatable bonds is 6. The number of hydrogen-bond donors (Lipinski definition) is 1. The van der Waals surface area contributed by atoms with Crippen molar-refractivity contribution in [1.82, 2.24) is 24.9 Å². The van der Waals surface area contributed by atoms with Crippen molar-refractivity contribution in [2.24, 2.45) is 0 Å². The topological polar surface area (TPSA) is 75.9 Å². The first-order chi connectivity index (χ1) is 11.3. The molecular formula is C15H20N6OS. The zero-order valence-electron chi connectivity index (χ0n) is 12.9. The molecule has 1 amide bonds. The minimum atomic E-state index is -0.00383. The van der Waals surface area contributed by atoms with E-state index in [9.17, 15) is 4.79 Å². The van der Waals surface area contributed by atoms with Crippen molar-refractivity contribution in [3.05, 3.63) is 23.5 Å². The quantitative estimate of drug-likeness (QED) is 0.871. The lowest BCUT2D eigenvalue weighted by atomic mass is 10.2. The van der Waals surface area contributed by atoms with Gasteiger partial charge in [-0.25, -0.2) is 0 Å². The average molecular weight is 332 g/mol. The van der Waals surface area contributed by atoms with Crippen molar-refractivity contribution in [3.8, 4) is 0 Å². The molecule has 1 unspecified atom stereocenters. The zero-order chi connectivity index (χ0) is 15.6. The van der Waals surface area contributed by atoms with Crippen LogP contribution in [0.3, 0.4) is 0 Å². The van der Waals surface area contributed by atoms with Crippen LogP contribution < -0.4 is 5.32 Å². The van der Waals surface area contributed by atoms with Gasteiger partial charge in [-0.2, -0.15) is 5.10 Å². The summed E-state index contributed by atoms with van der Waals surface area (Å²) in [5, 5.41) is 17.1. The Bertz CT molecular complexity index is 665. The van der Waals surface area contributed by atoms with E-state index in [1.165, 1.54) is 24.2 Å². The summed E-state index contributed by atoms with van der Waals surface area (Å²) in [7, 11) is 0. The number of aromatic nitrogens is 4. The van der Waals surface area contributed by atoms with Crippen LogP contribution in [0.25, 0.3) is 0 Å². The van der Waals surface area contributed by atoms with Gasteiger partial charge in [-0.3, -0.25) is 19.7 Å². The molecule has 122 valence electrons. The lowest BCUT2D eigenvalue weighted by molar-refractivity contribution is -0.117. The lowest BCUT2D eigenvalue weighted by Gasteiger charge is -2.23. The second-order valence-corrected chi connectivity index (χ2v) is 7.27. The van der Waals surface area contributed by atoms with E-state index in [-0.39, 0.29) is 5.91 Å². The van der Waals surface area contributed by atoms with Gasteiger partial charge in [0.05, 0.1) is 13.1 Å². The summed E-state index contributed by atoms with van der Waals surface area (Å²) in [5.41, 5.74) is 0. The highest BCUT2D eigenvalue weighted by molar-refractivity contribution is 7.15. The molecule has 1 aliphatic heterocycles. The summed E-state index contributed by atoms with van der Waals surface area (Å²) in [4.78, 5) is 14.5. The van der Waals surface area contributed by atoms with Crippen LogP contribution in [0, 0.1) is 0 Å². The number of carbonyl (C=O) groups excluding carboxylic acids is 1. The minimum absolute atomic E-state index is 0.00383. The fraction of sp³-hybridized carbons (Fsp3) is 0.600. The predicted octanol–water partition coefficient (Wildman–Crippen LogP) is 1.72. The van der Waals surface area contributed by atoms with Crippen molar-refractivity contribution in [2.45, 2.75) is 44.2 Å². The molecule has 0 radical (unpaired) electrons. The molecule has 4 rings (SSSR count). The molecule has 2 aromatic heterocycles. The van der Waals surface area contributed by atoms with E-state index < -0.39 is 0 Å². The number of nitrogens with zero attached hydrogens (tertiary/aromatic N) is 5.